The first kappa shape index (κ1) is 14.4. The van der Waals surface area contributed by atoms with E-state index in [2.05, 4.69) is 71.5 Å². The summed E-state index contributed by atoms with van der Waals surface area (Å²) in [6.45, 7) is 7.20. The zero-order chi connectivity index (χ0) is 14.2. The van der Waals surface area contributed by atoms with Crippen molar-refractivity contribution in [3.8, 4) is 0 Å². The Bertz CT molecular complexity index is 511. The van der Waals surface area contributed by atoms with Gasteiger partial charge in [-0.1, -0.05) is 25.1 Å². The highest BCUT2D eigenvalue weighted by Crippen LogP contribution is 2.17. The molecule has 0 saturated carbocycles. The molecule has 20 heavy (non-hydrogen) atoms. The topological polar surface area (TPSA) is 28.2 Å². The summed E-state index contributed by atoms with van der Waals surface area (Å²) in [5.41, 5.74) is 2.54. The van der Waals surface area contributed by atoms with Crippen LogP contribution in [0.1, 0.15) is 25.8 Å². The Kier molecular flexibility index (Phi) is 5.42. The lowest BCUT2D eigenvalue weighted by molar-refractivity contribution is 0.830. The molecule has 3 heteroatoms. The van der Waals surface area contributed by atoms with Crippen LogP contribution in [-0.2, 0) is 6.54 Å². The zero-order valence-electron chi connectivity index (χ0n) is 12.3. The summed E-state index contributed by atoms with van der Waals surface area (Å²) in [6, 6.07) is 14.7. The molecule has 1 aromatic carbocycles. The molecule has 1 aromatic heterocycles. The Morgan fingerprint density at radius 1 is 1.10 bits per heavy atom. The van der Waals surface area contributed by atoms with E-state index in [0.29, 0.717) is 0 Å². The number of hydrogen-bond acceptors (Lipinski definition) is 3. The van der Waals surface area contributed by atoms with Crippen molar-refractivity contribution in [3.63, 3.8) is 0 Å². The van der Waals surface area contributed by atoms with Crippen LogP contribution in [0.3, 0.4) is 0 Å². The fraction of sp³-hybridized carbons (Fsp3) is 0.353. The molecule has 0 saturated heterocycles. The number of anilines is 2. The number of aromatic nitrogens is 1. The second-order valence-electron chi connectivity index (χ2n) is 4.83. The van der Waals surface area contributed by atoms with Gasteiger partial charge < -0.3 is 10.2 Å². The molecule has 0 spiro atoms. The third kappa shape index (κ3) is 3.98. The third-order valence-corrected chi connectivity index (χ3v) is 3.26. The average molecular weight is 269 g/mol. The summed E-state index contributed by atoms with van der Waals surface area (Å²) < 4.78 is 0. The van der Waals surface area contributed by atoms with Crippen molar-refractivity contribution in [2.75, 3.05) is 23.3 Å². The van der Waals surface area contributed by atoms with Crippen LogP contribution in [0, 0.1) is 0 Å². The van der Waals surface area contributed by atoms with Crippen LogP contribution in [0.15, 0.2) is 48.7 Å². The number of benzene rings is 1. The van der Waals surface area contributed by atoms with Gasteiger partial charge in [0.1, 0.15) is 5.82 Å². The van der Waals surface area contributed by atoms with E-state index in [1.165, 1.54) is 11.3 Å². The maximum atomic E-state index is 4.35. The smallest absolute Gasteiger partial charge is 0.126 e. The first-order valence-corrected chi connectivity index (χ1v) is 7.32. The van der Waals surface area contributed by atoms with E-state index in [9.17, 15) is 0 Å². The molecule has 0 radical (unpaired) electrons. The molecular weight excluding hydrogens is 246 g/mol. The lowest BCUT2D eigenvalue weighted by Gasteiger charge is -2.23. The second-order valence-corrected chi connectivity index (χ2v) is 4.83. The normalized spacial score (nSPS) is 10.3. The molecule has 0 atom stereocenters. The lowest BCUT2D eigenvalue weighted by Crippen LogP contribution is -2.22. The second kappa shape index (κ2) is 7.53. The summed E-state index contributed by atoms with van der Waals surface area (Å²) in [4.78, 5) is 6.71. The van der Waals surface area contributed by atoms with Crippen LogP contribution in [0.25, 0.3) is 0 Å². The van der Waals surface area contributed by atoms with Crippen molar-refractivity contribution in [2.24, 2.45) is 0 Å². The Morgan fingerprint density at radius 3 is 2.60 bits per heavy atom. The standard InChI is InChI=1S/C17H23N3/c1-3-11-18-17-13-15(10-12-19-17)14-20(4-2)16-8-6-5-7-9-16/h5-10,12-13H,3-4,11,14H2,1-2H3,(H,18,19). The fourth-order valence-corrected chi connectivity index (χ4v) is 2.17. The van der Waals surface area contributed by atoms with Crippen molar-refractivity contribution in [2.45, 2.75) is 26.8 Å². The average Bonchev–Trinajstić information content (AvgIpc) is 2.52. The van der Waals surface area contributed by atoms with Crippen molar-refractivity contribution in [1.29, 1.82) is 0 Å². The molecule has 0 aliphatic carbocycles. The molecule has 0 unspecified atom stereocenters. The van der Waals surface area contributed by atoms with Crippen LogP contribution >= 0.6 is 0 Å². The molecule has 0 amide bonds. The van der Waals surface area contributed by atoms with Gasteiger partial charge in [0, 0.05) is 31.5 Å². The van der Waals surface area contributed by atoms with Gasteiger partial charge in [0.05, 0.1) is 0 Å². The van der Waals surface area contributed by atoms with E-state index in [-0.39, 0.29) is 0 Å². The van der Waals surface area contributed by atoms with Crippen LogP contribution in [0.4, 0.5) is 11.5 Å². The lowest BCUT2D eigenvalue weighted by atomic mass is 10.2. The predicted octanol–water partition coefficient (Wildman–Crippen LogP) is 3.93. The number of rotatable bonds is 7. The molecule has 0 aliphatic heterocycles. The van der Waals surface area contributed by atoms with Crippen LogP contribution in [-0.4, -0.2) is 18.1 Å². The summed E-state index contributed by atoms with van der Waals surface area (Å²) in [5.74, 6) is 0.966. The van der Waals surface area contributed by atoms with Crippen LogP contribution < -0.4 is 10.2 Å². The highest BCUT2D eigenvalue weighted by atomic mass is 15.1. The Morgan fingerprint density at radius 2 is 1.90 bits per heavy atom. The van der Waals surface area contributed by atoms with Crippen molar-refractivity contribution in [1.82, 2.24) is 4.98 Å². The van der Waals surface area contributed by atoms with Crippen LogP contribution in [0.5, 0.6) is 0 Å². The first-order valence-electron chi connectivity index (χ1n) is 7.32. The Balaban J connectivity index is 2.07. The van der Waals surface area contributed by atoms with Gasteiger partial charge in [-0.2, -0.15) is 0 Å². The highest BCUT2D eigenvalue weighted by molar-refractivity contribution is 5.47. The summed E-state index contributed by atoms with van der Waals surface area (Å²) >= 11 is 0. The molecule has 0 fully saturated rings. The summed E-state index contributed by atoms with van der Waals surface area (Å²) in [7, 11) is 0. The Hall–Kier alpha value is -2.03. The Labute approximate surface area is 121 Å². The van der Waals surface area contributed by atoms with E-state index in [4.69, 9.17) is 0 Å². The minimum atomic E-state index is 0.907. The van der Waals surface area contributed by atoms with Crippen molar-refractivity contribution < 1.29 is 0 Å². The van der Waals surface area contributed by atoms with E-state index in [0.717, 1.165) is 31.9 Å². The minimum Gasteiger partial charge on any atom is -0.370 e. The quantitative estimate of drug-likeness (QED) is 0.825. The molecule has 2 aromatic rings. The molecule has 0 bridgehead atoms. The number of pyridine rings is 1. The first-order chi connectivity index (χ1) is 9.83. The maximum absolute atomic E-state index is 4.35. The van der Waals surface area contributed by atoms with Crippen molar-refractivity contribution in [3.05, 3.63) is 54.2 Å². The van der Waals surface area contributed by atoms with E-state index < -0.39 is 0 Å². The van der Waals surface area contributed by atoms with Crippen LogP contribution in [0.2, 0.25) is 0 Å². The fourth-order valence-electron chi connectivity index (χ4n) is 2.17. The SMILES string of the molecule is CCCNc1cc(CN(CC)c2ccccc2)ccn1. The zero-order valence-corrected chi connectivity index (χ0v) is 12.3. The van der Waals surface area contributed by atoms with Crippen molar-refractivity contribution >= 4 is 11.5 Å². The van der Waals surface area contributed by atoms with Gasteiger partial charge in [0.25, 0.3) is 0 Å². The molecule has 0 aliphatic rings. The molecule has 1 N–H and O–H groups in total. The number of nitrogens with zero attached hydrogens (tertiary/aromatic N) is 2. The predicted molar refractivity (Wildman–Crippen MR) is 86.2 cm³/mol. The monoisotopic (exact) mass is 269 g/mol. The number of nitrogens with one attached hydrogen (secondary N) is 1. The highest BCUT2D eigenvalue weighted by Gasteiger charge is 2.05. The molecule has 1 heterocycles. The molecular formula is C17H23N3. The molecule has 2 rings (SSSR count). The van der Waals surface area contributed by atoms with E-state index >= 15 is 0 Å². The van der Waals surface area contributed by atoms with Gasteiger partial charge in [-0.25, -0.2) is 4.98 Å². The minimum absolute atomic E-state index is 0.907. The molecule has 3 nitrogen and oxygen atoms in total. The summed E-state index contributed by atoms with van der Waals surface area (Å²) in [5, 5.41) is 3.34. The van der Waals surface area contributed by atoms with Gasteiger partial charge in [0.2, 0.25) is 0 Å². The largest absolute Gasteiger partial charge is 0.370 e. The third-order valence-electron chi connectivity index (χ3n) is 3.26. The van der Waals surface area contributed by atoms with E-state index in [1.807, 2.05) is 6.20 Å². The number of para-hydroxylation sites is 1. The van der Waals surface area contributed by atoms with Gasteiger partial charge >= 0.3 is 0 Å². The molecule has 106 valence electrons. The van der Waals surface area contributed by atoms with E-state index in [1.54, 1.807) is 0 Å². The summed E-state index contributed by atoms with van der Waals surface area (Å²) in [6.07, 6.45) is 2.99. The number of hydrogen-bond donors (Lipinski definition) is 1. The van der Waals surface area contributed by atoms with Gasteiger partial charge in [-0.05, 0) is 43.2 Å². The van der Waals surface area contributed by atoms with Gasteiger partial charge in [-0.3, -0.25) is 0 Å². The van der Waals surface area contributed by atoms with Gasteiger partial charge in [-0.15, -0.1) is 0 Å². The van der Waals surface area contributed by atoms with Gasteiger partial charge in [0.15, 0.2) is 0 Å². The maximum Gasteiger partial charge on any atom is 0.126 e.